The number of hydrogen-bond donors (Lipinski definition) is 1. The topological polar surface area (TPSA) is 51.5 Å². The van der Waals surface area contributed by atoms with Gasteiger partial charge >= 0.3 is 0 Å². The summed E-state index contributed by atoms with van der Waals surface area (Å²) >= 11 is 1.53. The standard InChI is InChI=1S/C7H10N4OS/c1-12-5-3-8-6-10-11-4-2-9-7(11)13-6/h2,4H,3,5H2,1H3,(H,8,10). The van der Waals surface area contributed by atoms with E-state index in [1.165, 1.54) is 11.3 Å². The fourth-order valence-electron chi connectivity index (χ4n) is 0.969. The van der Waals surface area contributed by atoms with Gasteiger partial charge in [0.1, 0.15) is 0 Å². The molecule has 0 bridgehead atoms. The molecule has 0 spiro atoms. The zero-order chi connectivity index (χ0) is 9.10. The summed E-state index contributed by atoms with van der Waals surface area (Å²) in [5.41, 5.74) is 0. The van der Waals surface area contributed by atoms with Gasteiger partial charge in [0.15, 0.2) is 0 Å². The van der Waals surface area contributed by atoms with Crippen molar-refractivity contribution in [1.29, 1.82) is 0 Å². The van der Waals surface area contributed by atoms with Crippen LogP contribution in [0.25, 0.3) is 4.96 Å². The molecule has 2 rings (SSSR count). The van der Waals surface area contributed by atoms with Crippen LogP contribution in [0.1, 0.15) is 0 Å². The molecule has 0 atom stereocenters. The summed E-state index contributed by atoms with van der Waals surface area (Å²) in [5.74, 6) is 0. The van der Waals surface area contributed by atoms with E-state index in [-0.39, 0.29) is 0 Å². The Labute approximate surface area is 79.4 Å². The number of rotatable bonds is 4. The van der Waals surface area contributed by atoms with Crippen LogP contribution in [0.15, 0.2) is 12.4 Å². The average molecular weight is 198 g/mol. The van der Waals surface area contributed by atoms with Crippen LogP contribution in [-0.2, 0) is 4.74 Å². The number of methoxy groups -OCH3 is 1. The smallest absolute Gasteiger partial charge is 0.213 e. The molecule has 0 saturated heterocycles. The van der Waals surface area contributed by atoms with Gasteiger partial charge in [-0.25, -0.2) is 9.50 Å². The molecule has 0 fully saturated rings. The molecule has 0 unspecified atom stereocenters. The predicted molar refractivity (Wildman–Crippen MR) is 51.2 cm³/mol. The van der Waals surface area contributed by atoms with E-state index < -0.39 is 0 Å². The molecule has 1 N–H and O–H groups in total. The highest BCUT2D eigenvalue weighted by Gasteiger charge is 2.01. The van der Waals surface area contributed by atoms with Crippen LogP contribution in [0.2, 0.25) is 0 Å². The van der Waals surface area contributed by atoms with Crippen molar-refractivity contribution in [3.05, 3.63) is 12.4 Å². The van der Waals surface area contributed by atoms with Crippen molar-refractivity contribution < 1.29 is 4.74 Å². The Hall–Kier alpha value is -1.14. The van der Waals surface area contributed by atoms with Gasteiger partial charge in [-0.3, -0.25) is 0 Å². The summed E-state index contributed by atoms with van der Waals surface area (Å²) < 4.78 is 6.66. The molecule has 70 valence electrons. The maximum absolute atomic E-state index is 4.91. The average Bonchev–Trinajstić information content (AvgIpc) is 2.64. The molecule has 0 amide bonds. The fourth-order valence-corrected chi connectivity index (χ4v) is 1.75. The lowest BCUT2D eigenvalue weighted by molar-refractivity contribution is 0.210. The third-order valence-corrected chi connectivity index (χ3v) is 2.45. The number of aromatic nitrogens is 3. The first kappa shape index (κ1) is 8.46. The minimum Gasteiger partial charge on any atom is -0.383 e. The molecule has 2 heterocycles. The summed E-state index contributed by atoms with van der Waals surface area (Å²) in [6.45, 7) is 1.45. The molecular weight excluding hydrogens is 188 g/mol. The molecule has 2 aromatic heterocycles. The number of hydrogen-bond acceptors (Lipinski definition) is 5. The monoisotopic (exact) mass is 198 g/mol. The van der Waals surface area contributed by atoms with Crippen LogP contribution in [0.4, 0.5) is 5.13 Å². The van der Waals surface area contributed by atoms with Gasteiger partial charge in [-0.1, -0.05) is 11.3 Å². The molecule has 0 saturated carbocycles. The van der Waals surface area contributed by atoms with Gasteiger partial charge < -0.3 is 10.1 Å². The van der Waals surface area contributed by atoms with Gasteiger partial charge in [0.2, 0.25) is 10.1 Å². The first-order valence-electron chi connectivity index (χ1n) is 3.93. The Kier molecular flexibility index (Phi) is 2.42. The van der Waals surface area contributed by atoms with Crippen LogP contribution in [0.3, 0.4) is 0 Å². The Balaban J connectivity index is 2.03. The van der Waals surface area contributed by atoms with E-state index in [0.29, 0.717) is 6.61 Å². The first-order chi connectivity index (χ1) is 6.40. The van der Waals surface area contributed by atoms with Crippen LogP contribution >= 0.6 is 11.3 Å². The first-order valence-corrected chi connectivity index (χ1v) is 4.75. The van der Waals surface area contributed by atoms with E-state index in [0.717, 1.165) is 16.6 Å². The molecule has 6 heteroatoms. The molecule has 2 aromatic rings. The lowest BCUT2D eigenvalue weighted by Crippen LogP contribution is -2.07. The van der Waals surface area contributed by atoms with E-state index in [1.54, 1.807) is 17.8 Å². The Morgan fingerprint density at radius 2 is 2.62 bits per heavy atom. The van der Waals surface area contributed by atoms with E-state index in [9.17, 15) is 0 Å². The molecule has 5 nitrogen and oxygen atoms in total. The summed E-state index contributed by atoms with van der Waals surface area (Å²) in [7, 11) is 1.68. The quantitative estimate of drug-likeness (QED) is 0.740. The minimum absolute atomic E-state index is 0.682. The van der Waals surface area contributed by atoms with Crippen LogP contribution in [0, 0.1) is 0 Å². The van der Waals surface area contributed by atoms with E-state index in [2.05, 4.69) is 15.4 Å². The van der Waals surface area contributed by atoms with E-state index in [4.69, 9.17) is 4.74 Å². The maximum Gasteiger partial charge on any atom is 0.213 e. The number of fused-ring (bicyclic) bond motifs is 1. The second-order valence-electron chi connectivity index (χ2n) is 2.48. The second-order valence-corrected chi connectivity index (χ2v) is 3.44. The molecule has 0 aliphatic heterocycles. The van der Waals surface area contributed by atoms with Crippen LogP contribution < -0.4 is 5.32 Å². The number of ether oxygens (including phenoxy) is 1. The molecule has 13 heavy (non-hydrogen) atoms. The lowest BCUT2D eigenvalue weighted by atomic mass is 10.7. The van der Waals surface area contributed by atoms with Crippen molar-refractivity contribution in [3.8, 4) is 0 Å². The molecule has 0 aliphatic rings. The number of nitrogens with one attached hydrogen (secondary N) is 1. The highest BCUT2D eigenvalue weighted by atomic mass is 32.1. The SMILES string of the molecule is COCCNc1nn2ccnc2s1. The third-order valence-electron chi connectivity index (χ3n) is 1.56. The van der Waals surface area contributed by atoms with Crippen molar-refractivity contribution in [2.75, 3.05) is 25.6 Å². The summed E-state index contributed by atoms with van der Waals surface area (Å²) in [6.07, 6.45) is 3.56. The number of nitrogens with zero attached hydrogens (tertiary/aromatic N) is 3. The van der Waals surface area contributed by atoms with Gasteiger partial charge in [0.05, 0.1) is 12.8 Å². The highest BCUT2D eigenvalue weighted by molar-refractivity contribution is 7.20. The normalized spacial score (nSPS) is 10.8. The molecule has 0 aromatic carbocycles. The van der Waals surface area contributed by atoms with Crippen molar-refractivity contribution >= 4 is 21.4 Å². The van der Waals surface area contributed by atoms with Gasteiger partial charge in [-0.2, -0.15) is 0 Å². The van der Waals surface area contributed by atoms with Gasteiger partial charge in [0.25, 0.3) is 0 Å². The third kappa shape index (κ3) is 1.78. The van der Waals surface area contributed by atoms with Crippen molar-refractivity contribution in [2.24, 2.45) is 0 Å². The van der Waals surface area contributed by atoms with Crippen molar-refractivity contribution in [1.82, 2.24) is 14.6 Å². The maximum atomic E-state index is 4.91. The van der Waals surface area contributed by atoms with Crippen molar-refractivity contribution in [3.63, 3.8) is 0 Å². The Morgan fingerprint density at radius 1 is 1.69 bits per heavy atom. The van der Waals surface area contributed by atoms with Gasteiger partial charge in [0, 0.05) is 19.9 Å². The number of anilines is 1. The van der Waals surface area contributed by atoms with E-state index >= 15 is 0 Å². The molecule has 0 radical (unpaired) electrons. The lowest BCUT2D eigenvalue weighted by Gasteiger charge is -1.98. The zero-order valence-corrected chi connectivity index (χ0v) is 8.04. The minimum atomic E-state index is 0.682. The molecule has 0 aliphatic carbocycles. The van der Waals surface area contributed by atoms with Crippen LogP contribution in [0.5, 0.6) is 0 Å². The largest absolute Gasteiger partial charge is 0.383 e. The Bertz CT molecular complexity index is 354. The second kappa shape index (κ2) is 3.71. The zero-order valence-electron chi connectivity index (χ0n) is 7.23. The van der Waals surface area contributed by atoms with E-state index in [1.807, 2.05) is 6.20 Å². The summed E-state index contributed by atoms with van der Waals surface area (Å²) in [5, 5.41) is 8.27. The number of imidazole rings is 1. The summed E-state index contributed by atoms with van der Waals surface area (Å²) in [4.78, 5) is 5.02. The van der Waals surface area contributed by atoms with Gasteiger partial charge in [-0.15, -0.1) is 5.10 Å². The van der Waals surface area contributed by atoms with Crippen molar-refractivity contribution in [2.45, 2.75) is 0 Å². The van der Waals surface area contributed by atoms with Gasteiger partial charge in [-0.05, 0) is 0 Å². The van der Waals surface area contributed by atoms with Crippen LogP contribution in [-0.4, -0.2) is 34.9 Å². The molecular formula is C7H10N4OS. The fraction of sp³-hybridized carbons (Fsp3) is 0.429. The summed E-state index contributed by atoms with van der Waals surface area (Å²) in [6, 6.07) is 0. The Morgan fingerprint density at radius 3 is 3.38 bits per heavy atom. The predicted octanol–water partition coefficient (Wildman–Crippen LogP) is 0.849. The highest BCUT2D eigenvalue weighted by Crippen LogP contribution is 2.16.